The normalized spacial score (nSPS) is 14.1. The zero-order valence-electron chi connectivity index (χ0n) is 18.7. The second kappa shape index (κ2) is 11.5. The van der Waals surface area contributed by atoms with E-state index in [9.17, 15) is 9.59 Å². The van der Waals surface area contributed by atoms with Crippen molar-refractivity contribution in [2.24, 2.45) is 5.92 Å². The molecule has 31 heavy (non-hydrogen) atoms. The summed E-state index contributed by atoms with van der Waals surface area (Å²) in [6.07, 6.45) is 8.39. The van der Waals surface area contributed by atoms with Crippen LogP contribution in [0, 0.1) is 5.92 Å². The number of nitrogens with zero attached hydrogens (tertiary/aromatic N) is 1. The number of hydrogen-bond donors (Lipinski definition) is 1. The first-order chi connectivity index (χ1) is 15.1. The van der Waals surface area contributed by atoms with Crippen molar-refractivity contribution >= 4 is 17.5 Å². The third-order valence-electron chi connectivity index (χ3n) is 5.88. The fourth-order valence-corrected chi connectivity index (χ4v) is 4.00. The molecule has 1 aliphatic carbocycles. The van der Waals surface area contributed by atoms with Gasteiger partial charge in [-0.15, -0.1) is 0 Å². The van der Waals surface area contributed by atoms with Crippen molar-refractivity contribution in [3.05, 3.63) is 59.7 Å². The second-order valence-corrected chi connectivity index (χ2v) is 8.45. The lowest BCUT2D eigenvalue weighted by Crippen LogP contribution is -2.32. The van der Waals surface area contributed by atoms with Gasteiger partial charge in [-0.1, -0.05) is 32.6 Å². The van der Waals surface area contributed by atoms with Crippen molar-refractivity contribution in [2.75, 3.05) is 25.5 Å². The summed E-state index contributed by atoms with van der Waals surface area (Å²) in [5.74, 6) is 1.23. The van der Waals surface area contributed by atoms with Crippen LogP contribution < -0.4 is 10.1 Å². The fourth-order valence-electron chi connectivity index (χ4n) is 4.00. The van der Waals surface area contributed by atoms with E-state index in [1.165, 1.54) is 32.1 Å². The van der Waals surface area contributed by atoms with Gasteiger partial charge in [0.1, 0.15) is 5.75 Å². The summed E-state index contributed by atoms with van der Waals surface area (Å²) in [5, 5.41) is 2.89. The molecule has 0 aromatic heterocycles. The van der Waals surface area contributed by atoms with Gasteiger partial charge in [0.25, 0.3) is 11.8 Å². The number of hydrogen-bond acceptors (Lipinski definition) is 3. The van der Waals surface area contributed by atoms with E-state index in [1.54, 1.807) is 36.4 Å². The molecular formula is C26H34N2O3. The first kappa shape index (κ1) is 22.9. The lowest BCUT2D eigenvalue weighted by Gasteiger charge is -2.27. The molecule has 0 saturated heterocycles. The maximum atomic E-state index is 12.7. The number of ether oxygens (including phenoxy) is 1. The average molecular weight is 423 g/mol. The van der Waals surface area contributed by atoms with E-state index in [0.29, 0.717) is 29.3 Å². The van der Waals surface area contributed by atoms with Gasteiger partial charge in [0.15, 0.2) is 0 Å². The molecule has 0 aliphatic heterocycles. The molecule has 2 aromatic rings. The monoisotopic (exact) mass is 422 g/mol. The quantitative estimate of drug-likeness (QED) is 0.522. The number of amides is 2. The van der Waals surface area contributed by atoms with Gasteiger partial charge in [-0.25, -0.2) is 0 Å². The summed E-state index contributed by atoms with van der Waals surface area (Å²) in [6.45, 7) is 3.62. The lowest BCUT2D eigenvalue weighted by molar-refractivity contribution is 0.0760. The highest BCUT2D eigenvalue weighted by molar-refractivity contribution is 6.04. The first-order valence-electron chi connectivity index (χ1n) is 11.5. The van der Waals surface area contributed by atoms with Gasteiger partial charge < -0.3 is 15.0 Å². The fraction of sp³-hybridized carbons (Fsp3) is 0.462. The van der Waals surface area contributed by atoms with Crippen molar-refractivity contribution in [3.63, 3.8) is 0 Å². The largest absolute Gasteiger partial charge is 0.494 e. The van der Waals surface area contributed by atoms with Gasteiger partial charge in [0, 0.05) is 30.4 Å². The molecule has 5 heteroatoms. The van der Waals surface area contributed by atoms with Crippen molar-refractivity contribution in [3.8, 4) is 5.75 Å². The van der Waals surface area contributed by atoms with Crippen LogP contribution in [0.4, 0.5) is 5.69 Å². The van der Waals surface area contributed by atoms with Gasteiger partial charge in [-0.05, 0) is 73.7 Å². The van der Waals surface area contributed by atoms with Crippen molar-refractivity contribution < 1.29 is 14.3 Å². The average Bonchev–Trinajstić information content (AvgIpc) is 2.80. The van der Waals surface area contributed by atoms with E-state index in [1.807, 2.05) is 24.1 Å². The van der Waals surface area contributed by atoms with Gasteiger partial charge in [0.2, 0.25) is 0 Å². The van der Waals surface area contributed by atoms with Gasteiger partial charge in [-0.2, -0.15) is 0 Å². The van der Waals surface area contributed by atoms with Gasteiger partial charge in [-0.3, -0.25) is 9.59 Å². The molecular weight excluding hydrogens is 388 g/mol. The Kier molecular flexibility index (Phi) is 8.51. The summed E-state index contributed by atoms with van der Waals surface area (Å²) in [6, 6.07) is 14.3. The molecule has 0 unspecified atom stereocenters. The molecule has 0 atom stereocenters. The smallest absolute Gasteiger partial charge is 0.255 e. The Hall–Kier alpha value is -2.82. The summed E-state index contributed by atoms with van der Waals surface area (Å²) in [7, 11) is 1.88. The third-order valence-corrected chi connectivity index (χ3v) is 5.88. The van der Waals surface area contributed by atoms with Crippen LogP contribution in [0.5, 0.6) is 5.75 Å². The molecule has 166 valence electrons. The number of carbonyl (C=O) groups is 2. The highest BCUT2D eigenvalue weighted by Crippen LogP contribution is 2.24. The summed E-state index contributed by atoms with van der Waals surface area (Å²) >= 11 is 0. The maximum Gasteiger partial charge on any atom is 0.255 e. The summed E-state index contributed by atoms with van der Waals surface area (Å²) in [5.41, 5.74) is 1.87. The van der Waals surface area contributed by atoms with Crippen molar-refractivity contribution in [1.29, 1.82) is 0 Å². The Morgan fingerprint density at radius 1 is 0.968 bits per heavy atom. The van der Waals surface area contributed by atoms with Crippen LogP contribution in [-0.4, -0.2) is 36.9 Å². The first-order valence-corrected chi connectivity index (χ1v) is 11.5. The summed E-state index contributed by atoms with van der Waals surface area (Å²) in [4.78, 5) is 27.1. The molecule has 0 bridgehead atoms. The summed E-state index contributed by atoms with van der Waals surface area (Å²) < 4.78 is 5.63. The van der Waals surface area contributed by atoms with Crippen molar-refractivity contribution in [2.45, 2.75) is 51.9 Å². The molecule has 1 fully saturated rings. The van der Waals surface area contributed by atoms with E-state index in [2.05, 4.69) is 12.2 Å². The maximum absolute atomic E-state index is 12.7. The molecule has 1 N–H and O–H groups in total. The highest BCUT2D eigenvalue weighted by Gasteiger charge is 2.19. The predicted octanol–water partition coefficient (Wildman–Crippen LogP) is 5.77. The van der Waals surface area contributed by atoms with E-state index in [0.717, 1.165) is 25.1 Å². The third kappa shape index (κ3) is 6.84. The van der Waals surface area contributed by atoms with Crippen LogP contribution in [0.3, 0.4) is 0 Å². The second-order valence-electron chi connectivity index (χ2n) is 8.45. The standard InChI is InChI=1S/C26H34N2O3/c1-3-4-18-31-24-16-12-21(13-17-24)25(29)27-23-14-10-22(11-15-23)26(30)28(2)19-20-8-6-5-7-9-20/h10-17,20H,3-9,18-19H2,1-2H3,(H,27,29). The van der Waals surface area contributed by atoms with Crippen LogP contribution in [-0.2, 0) is 0 Å². The number of nitrogens with one attached hydrogen (secondary N) is 1. The Morgan fingerprint density at radius 3 is 2.26 bits per heavy atom. The van der Waals surface area contributed by atoms with Gasteiger partial charge in [0.05, 0.1) is 6.61 Å². The van der Waals surface area contributed by atoms with E-state index in [4.69, 9.17) is 4.74 Å². The Balaban J connectivity index is 1.52. The minimum atomic E-state index is -0.186. The number of anilines is 1. The molecule has 2 aromatic carbocycles. The number of benzene rings is 2. The number of carbonyl (C=O) groups excluding carboxylic acids is 2. The topological polar surface area (TPSA) is 58.6 Å². The molecule has 0 spiro atoms. The van der Waals surface area contributed by atoms with Gasteiger partial charge >= 0.3 is 0 Å². The molecule has 2 amide bonds. The van der Waals surface area contributed by atoms with E-state index >= 15 is 0 Å². The molecule has 3 rings (SSSR count). The van der Waals surface area contributed by atoms with Crippen molar-refractivity contribution in [1.82, 2.24) is 4.90 Å². The van der Waals surface area contributed by atoms with E-state index in [-0.39, 0.29) is 11.8 Å². The van der Waals surface area contributed by atoms with Crippen LogP contribution in [0.15, 0.2) is 48.5 Å². The Labute approximate surface area is 185 Å². The predicted molar refractivity (Wildman–Crippen MR) is 125 cm³/mol. The van der Waals surface area contributed by atoms with E-state index < -0.39 is 0 Å². The number of rotatable bonds is 9. The Bertz CT molecular complexity index is 840. The molecule has 5 nitrogen and oxygen atoms in total. The van der Waals surface area contributed by atoms with Crippen LogP contribution in [0.1, 0.15) is 72.6 Å². The van der Waals surface area contributed by atoms with Crippen LogP contribution in [0.2, 0.25) is 0 Å². The SMILES string of the molecule is CCCCOc1ccc(C(=O)Nc2ccc(C(=O)N(C)CC3CCCCC3)cc2)cc1. The Morgan fingerprint density at radius 2 is 1.61 bits per heavy atom. The van der Waals surface area contributed by atoms with Crippen LogP contribution in [0.25, 0.3) is 0 Å². The minimum absolute atomic E-state index is 0.0297. The molecule has 0 heterocycles. The molecule has 1 aliphatic rings. The minimum Gasteiger partial charge on any atom is -0.494 e. The zero-order valence-corrected chi connectivity index (χ0v) is 18.7. The highest BCUT2D eigenvalue weighted by atomic mass is 16.5. The lowest BCUT2D eigenvalue weighted by atomic mass is 9.89. The zero-order chi connectivity index (χ0) is 22.1. The molecule has 0 radical (unpaired) electrons. The molecule has 1 saturated carbocycles. The van der Waals surface area contributed by atoms with Crippen LogP contribution >= 0.6 is 0 Å². The number of unbranched alkanes of at least 4 members (excludes halogenated alkanes) is 1.